The van der Waals surface area contributed by atoms with Gasteiger partial charge in [0, 0.05) is 0 Å². The molecule has 0 aliphatic heterocycles. The number of aryl methyl sites for hydroxylation is 1. The Kier molecular flexibility index (Phi) is 4.28. The Bertz CT molecular complexity index is 773. The Morgan fingerprint density at radius 2 is 1.91 bits per heavy atom. The van der Waals surface area contributed by atoms with Crippen molar-refractivity contribution in [2.24, 2.45) is 0 Å². The number of hydrogen-bond acceptors (Lipinski definition) is 1. The fraction of sp³-hybridized carbons (Fsp3) is 0.250. The standard InChI is InChI=1S/C20H19FO2/c1-2-3-13-4-6-14(7-5-13)15-8-10-17-16(12-15)9-11-18(19(17)21)20(22)23/h4-9,11H,2-3,10,12H2,1H3,(H,22,23). The van der Waals surface area contributed by atoms with E-state index in [1.165, 1.54) is 17.2 Å². The molecule has 3 rings (SSSR count). The highest BCUT2D eigenvalue weighted by Crippen LogP contribution is 2.30. The fourth-order valence-electron chi connectivity index (χ4n) is 3.11. The van der Waals surface area contributed by atoms with E-state index in [4.69, 9.17) is 5.11 Å². The van der Waals surface area contributed by atoms with Gasteiger partial charge >= 0.3 is 5.97 Å². The summed E-state index contributed by atoms with van der Waals surface area (Å²) in [7, 11) is 0. The number of allylic oxidation sites excluding steroid dienone is 2. The summed E-state index contributed by atoms with van der Waals surface area (Å²) in [5.74, 6) is -1.81. The van der Waals surface area contributed by atoms with Crippen LogP contribution in [0, 0.1) is 5.82 Å². The zero-order valence-electron chi connectivity index (χ0n) is 13.1. The fourth-order valence-corrected chi connectivity index (χ4v) is 3.11. The Morgan fingerprint density at radius 3 is 2.57 bits per heavy atom. The summed E-state index contributed by atoms with van der Waals surface area (Å²) >= 11 is 0. The normalized spacial score (nSPS) is 13.4. The largest absolute Gasteiger partial charge is 0.478 e. The lowest BCUT2D eigenvalue weighted by Crippen LogP contribution is -2.10. The molecule has 23 heavy (non-hydrogen) atoms. The Balaban J connectivity index is 1.87. The summed E-state index contributed by atoms with van der Waals surface area (Å²) in [5, 5.41) is 9.01. The summed E-state index contributed by atoms with van der Waals surface area (Å²) in [6.45, 7) is 2.16. The molecule has 1 aliphatic rings. The van der Waals surface area contributed by atoms with Crippen molar-refractivity contribution in [2.75, 3.05) is 0 Å². The quantitative estimate of drug-likeness (QED) is 0.892. The predicted octanol–water partition coefficient (Wildman–Crippen LogP) is 4.66. The number of carboxylic acid groups (broad SMARTS) is 1. The van der Waals surface area contributed by atoms with Gasteiger partial charge in [-0.25, -0.2) is 9.18 Å². The van der Waals surface area contributed by atoms with Gasteiger partial charge in [-0.3, -0.25) is 0 Å². The van der Waals surface area contributed by atoms with Crippen LogP contribution >= 0.6 is 0 Å². The zero-order chi connectivity index (χ0) is 16.4. The molecule has 118 valence electrons. The first-order valence-corrected chi connectivity index (χ1v) is 7.92. The third-order valence-electron chi connectivity index (χ3n) is 4.37. The van der Waals surface area contributed by atoms with Crippen LogP contribution in [0.3, 0.4) is 0 Å². The highest BCUT2D eigenvalue weighted by atomic mass is 19.1. The Hall–Kier alpha value is -2.42. The first-order valence-electron chi connectivity index (χ1n) is 7.92. The molecular formula is C20H19FO2. The lowest BCUT2D eigenvalue weighted by Gasteiger charge is -2.19. The van der Waals surface area contributed by atoms with E-state index in [0.717, 1.165) is 24.0 Å². The van der Waals surface area contributed by atoms with Gasteiger partial charge in [-0.2, -0.15) is 0 Å². The molecular weight excluding hydrogens is 291 g/mol. The molecule has 0 amide bonds. The average Bonchev–Trinajstić information content (AvgIpc) is 2.55. The number of benzene rings is 2. The smallest absolute Gasteiger partial charge is 0.338 e. The van der Waals surface area contributed by atoms with Gasteiger partial charge in [0.2, 0.25) is 0 Å². The van der Waals surface area contributed by atoms with E-state index < -0.39 is 11.8 Å². The zero-order valence-corrected chi connectivity index (χ0v) is 13.1. The summed E-state index contributed by atoms with van der Waals surface area (Å²) in [6, 6.07) is 11.6. The van der Waals surface area contributed by atoms with Crippen LogP contribution in [0.25, 0.3) is 5.57 Å². The lowest BCUT2D eigenvalue weighted by atomic mass is 9.86. The van der Waals surface area contributed by atoms with Crippen LogP contribution in [0.5, 0.6) is 0 Å². The van der Waals surface area contributed by atoms with Crippen molar-refractivity contribution in [2.45, 2.75) is 32.6 Å². The summed E-state index contributed by atoms with van der Waals surface area (Å²) in [6.07, 6.45) is 5.28. The van der Waals surface area contributed by atoms with Gasteiger partial charge in [0.25, 0.3) is 0 Å². The monoisotopic (exact) mass is 310 g/mol. The van der Waals surface area contributed by atoms with E-state index in [1.807, 2.05) is 6.08 Å². The SMILES string of the molecule is CCCc1ccc(C2=CCc3c(ccc(C(=O)O)c3F)C2)cc1. The molecule has 0 unspecified atom stereocenters. The summed E-state index contributed by atoms with van der Waals surface area (Å²) in [5.41, 5.74) is 4.79. The van der Waals surface area contributed by atoms with Crippen molar-refractivity contribution in [3.8, 4) is 0 Å². The van der Waals surface area contributed by atoms with Crippen LogP contribution in [0.4, 0.5) is 4.39 Å². The molecule has 0 heterocycles. The molecule has 2 aromatic carbocycles. The molecule has 1 N–H and O–H groups in total. The number of hydrogen-bond donors (Lipinski definition) is 1. The first-order chi connectivity index (χ1) is 11.1. The maximum Gasteiger partial charge on any atom is 0.338 e. The molecule has 3 heteroatoms. The number of rotatable bonds is 4. The van der Waals surface area contributed by atoms with E-state index in [9.17, 15) is 9.18 Å². The van der Waals surface area contributed by atoms with Crippen molar-refractivity contribution in [3.05, 3.63) is 76.1 Å². The minimum Gasteiger partial charge on any atom is -0.478 e. The third kappa shape index (κ3) is 3.04. The van der Waals surface area contributed by atoms with Crippen LogP contribution in [-0.4, -0.2) is 11.1 Å². The van der Waals surface area contributed by atoms with Crippen molar-refractivity contribution in [1.82, 2.24) is 0 Å². The molecule has 0 saturated carbocycles. The van der Waals surface area contributed by atoms with E-state index in [-0.39, 0.29) is 5.56 Å². The average molecular weight is 310 g/mol. The van der Waals surface area contributed by atoms with Gasteiger partial charge in [-0.15, -0.1) is 0 Å². The van der Waals surface area contributed by atoms with Gasteiger partial charge < -0.3 is 5.11 Å². The minimum absolute atomic E-state index is 0.246. The van der Waals surface area contributed by atoms with Crippen LogP contribution in [0.2, 0.25) is 0 Å². The third-order valence-corrected chi connectivity index (χ3v) is 4.37. The summed E-state index contributed by atoms with van der Waals surface area (Å²) in [4.78, 5) is 11.0. The van der Waals surface area contributed by atoms with Crippen molar-refractivity contribution in [1.29, 1.82) is 0 Å². The van der Waals surface area contributed by atoms with Gasteiger partial charge in [-0.05, 0) is 53.2 Å². The number of carbonyl (C=O) groups is 1. The Labute approximate surface area is 135 Å². The molecule has 2 aromatic rings. The predicted molar refractivity (Wildman–Crippen MR) is 89.2 cm³/mol. The second kappa shape index (κ2) is 6.37. The molecule has 0 radical (unpaired) electrons. The number of aromatic carboxylic acids is 1. The van der Waals surface area contributed by atoms with Crippen LogP contribution < -0.4 is 0 Å². The molecule has 0 bridgehead atoms. The van der Waals surface area contributed by atoms with Gasteiger partial charge in [0.15, 0.2) is 0 Å². The van der Waals surface area contributed by atoms with Crippen LogP contribution in [0.15, 0.2) is 42.5 Å². The maximum atomic E-state index is 14.3. The molecule has 1 aliphatic carbocycles. The highest BCUT2D eigenvalue weighted by Gasteiger charge is 2.20. The van der Waals surface area contributed by atoms with Gasteiger partial charge in [-0.1, -0.05) is 49.8 Å². The molecule has 0 atom stereocenters. The van der Waals surface area contributed by atoms with Crippen molar-refractivity contribution < 1.29 is 14.3 Å². The second-order valence-electron chi connectivity index (χ2n) is 5.93. The molecule has 0 fully saturated rings. The number of halogens is 1. The van der Waals surface area contributed by atoms with E-state index in [0.29, 0.717) is 18.4 Å². The second-order valence-corrected chi connectivity index (χ2v) is 5.93. The van der Waals surface area contributed by atoms with Crippen LogP contribution in [-0.2, 0) is 19.3 Å². The van der Waals surface area contributed by atoms with Crippen molar-refractivity contribution >= 4 is 11.5 Å². The topological polar surface area (TPSA) is 37.3 Å². The summed E-state index contributed by atoms with van der Waals surface area (Å²) < 4.78 is 14.3. The molecule has 0 spiro atoms. The van der Waals surface area contributed by atoms with Gasteiger partial charge in [0.05, 0.1) is 5.56 Å². The maximum absolute atomic E-state index is 14.3. The molecule has 0 aromatic heterocycles. The van der Waals surface area contributed by atoms with E-state index in [2.05, 4.69) is 31.2 Å². The van der Waals surface area contributed by atoms with Crippen molar-refractivity contribution in [3.63, 3.8) is 0 Å². The molecule has 0 saturated heterocycles. The number of carboxylic acids is 1. The highest BCUT2D eigenvalue weighted by molar-refractivity contribution is 5.88. The minimum atomic E-state index is -1.22. The lowest BCUT2D eigenvalue weighted by molar-refractivity contribution is 0.0691. The van der Waals surface area contributed by atoms with E-state index >= 15 is 0 Å². The van der Waals surface area contributed by atoms with E-state index in [1.54, 1.807) is 6.07 Å². The van der Waals surface area contributed by atoms with Crippen LogP contribution in [0.1, 0.15) is 46.0 Å². The Morgan fingerprint density at radius 1 is 1.17 bits per heavy atom. The van der Waals surface area contributed by atoms with Gasteiger partial charge in [0.1, 0.15) is 5.82 Å². The number of fused-ring (bicyclic) bond motifs is 1. The molecule has 2 nitrogen and oxygen atoms in total. The first kappa shape index (κ1) is 15.5.